The van der Waals surface area contributed by atoms with Crippen LogP contribution < -0.4 is 5.73 Å². The van der Waals surface area contributed by atoms with Crippen LogP contribution in [0, 0.1) is 12.7 Å². The summed E-state index contributed by atoms with van der Waals surface area (Å²) in [5, 5.41) is 18.2. The smallest absolute Gasteiger partial charge is 0.323 e. The molecule has 4 nitrogen and oxygen atoms in total. The Hall–Kier alpha value is -1.46. The Morgan fingerprint density at radius 2 is 2.13 bits per heavy atom. The van der Waals surface area contributed by atoms with Crippen molar-refractivity contribution in [2.75, 3.05) is 0 Å². The van der Waals surface area contributed by atoms with Crippen LogP contribution in [0.2, 0.25) is 0 Å². The summed E-state index contributed by atoms with van der Waals surface area (Å²) < 4.78 is 12.9. The number of carboxylic acid groups (broad SMARTS) is 1. The largest absolute Gasteiger partial charge is 0.480 e. The molecule has 0 radical (unpaired) electrons. The minimum Gasteiger partial charge on any atom is -0.480 e. The number of halogens is 1. The standard InChI is InChI=1S/C10H12FNO3/c1-5-2-3-6(11)4-7(5)9(13)8(12)10(14)15/h2-4,8-9,13H,12H2,1H3,(H,14,15). The van der Waals surface area contributed by atoms with E-state index in [2.05, 4.69) is 0 Å². The first-order valence-electron chi connectivity index (χ1n) is 4.36. The quantitative estimate of drug-likeness (QED) is 0.685. The number of carbonyl (C=O) groups is 1. The van der Waals surface area contributed by atoms with Crippen LogP contribution in [-0.4, -0.2) is 22.2 Å². The summed E-state index contributed by atoms with van der Waals surface area (Å²) in [7, 11) is 0. The fraction of sp³-hybridized carbons (Fsp3) is 0.300. The third-order valence-corrected chi connectivity index (χ3v) is 2.19. The zero-order valence-electron chi connectivity index (χ0n) is 8.14. The molecular weight excluding hydrogens is 201 g/mol. The van der Waals surface area contributed by atoms with E-state index >= 15 is 0 Å². The molecule has 0 fully saturated rings. The van der Waals surface area contributed by atoms with E-state index in [1.165, 1.54) is 12.1 Å². The maximum atomic E-state index is 12.9. The van der Waals surface area contributed by atoms with E-state index in [1.54, 1.807) is 6.92 Å². The number of benzene rings is 1. The van der Waals surface area contributed by atoms with E-state index in [9.17, 15) is 14.3 Å². The molecule has 0 spiro atoms. The maximum absolute atomic E-state index is 12.9. The Morgan fingerprint density at radius 1 is 1.53 bits per heavy atom. The topological polar surface area (TPSA) is 83.5 Å². The highest BCUT2D eigenvalue weighted by atomic mass is 19.1. The van der Waals surface area contributed by atoms with Crippen molar-refractivity contribution in [3.63, 3.8) is 0 Å². The molecule has 0 heterocycles. The molecular formula is C10H12FNO3. The van der Waals surface area contributed by atoms with Gasteiger partial charge in [-0.05, 0) is 30.2 Å². The molecule has 0 amide bonds. The van der Waals surface area contributed by atoms with Gasteiger partial charge < -0.3 is 15.9 Å². The van der Waals surface area contributed by atoms with Gasteiger partial charge in [-0.3, -0.25) is 4.79 Å². The molecule has 0 saturated heterocycles. The van der Waals surface area contributed by atoms with E-state index in [4.69, 9.17) is 10.8 Å². The average Bonchev–Trinajstić information content (AvgIpc) is 2.19. The van der Waals surface area contributed by atoms with Crippen LogP contribution in [0.3, 0.4) is 0 Å². The fourth-order valence-electron chi connectivity index (χ4n) is 1.26. The number of hydrogen-bond acceptors (Lipinski definition) is 3. The summed E-state index contributed by atoms with van der Waals surface area (Å²) in [5.74, 6) is -1.86. The number of aliphatic carboxylic acids is 1. The molecule has 4 N–H and O–H groups in total. The van der Waals surface area contributed by atoms with Gasteiger partial charge in [0.05, 0.1) is 0 Å². The highest BCUT2D eigenvalue weighted by molar-refractivity contribution is 5.74. The Kier molecular flexibility index (Phi) is 3.39. The van der Waals surface area contributed by atoms with Gasteiger partial charge in [-0.25, -0.2) is 4.39 Å². The summed E-state index contributed by atoms with van der Waals surface area (Å²) in [6, 6.07) is 2.33. The van der Waals surface area contributed by atoms with Crippen LogP contribution in [0.1, 0.15) is 17.2 Å². The van der Waals surface area contributed by atoms with Gasteiger partial charge in [0.1, 0.15) is 18.0 Å². The van der Waals surface area contributed by atoms with Crippen molar-refractivity contribution in [1.82, 2.24) is 0 Å². The van der Waals surface area contributed by atoms with E-state index in [-0.39, 0.29) is 5.56 Å². The molecule has 82 valence electrons. The number of hydrogen-bond donors (Lipinski definition) is 3. The van der Waals surface area contributed by atoms with Gasteiger partial charge in [0.15, 0.2) is 0 Å². The molecule has 1 rings (SSSR count). The second-order valence-electron chi connectivity index (χ2n) is 3.31. The van der Waals surface area contributed by atoms with Crippen LogP contribution in [0.25, 0.3) is 0 Å². The predicted molar refractivity (Wildman–Crippen MR) is 51.7 cm³/mol. The van der Waals surface area contributed by atoms with Crippen LogP contribution in [0.5, 0.6) is 0 Å². The van der Waals surface area contributed by atoms with E-state index in [1.807, 2.05) is 0 Å². The van der Waals surface area contributed by atoms with Crippen LogP contribution in [0.15, 0.2) is 18.2 Å². The number of nitrogens with two attached hydrogens (primary N) is 1. The van der Waals surface area contributed by atoms with Gasteiger partial charge in [-0.2, -0.15) is 0 Å². The molecule has 0 bridgehead atoms. The molecule has 1 aromatic carbocycles. The number of rotatable bonds is 3. The number of aliphatic hydroxyl groups is 1. The molecule has 1 aromatic rings. The first-order chi connectivity index (χ1) is 6.93. The molecule has 0 aromatic heterocycles. The van der Waals surface area contributed by atoms with Crippen molar-refractivity contribution in [3.05, 3.63) is 35.1 Å². The van der Waals surface area contributed by atoms with Crippen molar-refractivity contribution in [1.29, 1.82) is 0 Å². The van der Waals surface area contributed by atoms with Gasteiger partial charge in [-0.15, -0.1) is 0 Å². The Morgan fingerprint density at radius 3 is 2.67 bits per heavy atom. The summed E-state index contributed by atoms with van der Waals surface area (Å²) >= 11 is 0. The lowest BCUT2D eigenvalue weighted by Crippen LogP contribution is -2.36. The average molecular weight is 213 g/mol. The summed E-state index contributed by atoms with van der Waals surface area (Å²) in [5.41, 5.74) is 6.04. The van der Waals surface area contributed by atoms with Crippen molar-refractivity contribution in [3.8, 4) is 0 Å². The molecule has 5 heteroatoms. The first-order valence-corrected chi connectivity index (χ1v) is 4.36. The monoisotopic (exact) mass is 213 g/mol. The SMILES string of the molecule is Cc1ccc(F)cc1C(O)C(N)C(=O)O. The first kappa shape index (κ1) is 11.6. The third kappa shape index (κ3) is 2.51. The molecule has 0 aliphatic carbocycles. The number of aryl methyl sites for hydroxylation is 1. The second-order valence-corrected chi connectivity index (χ2v) is 3.31. The fourth-order valence-corrected chi connectivity index (χ4v) is 1.26. The van der Waals surface area contributed by atoms with Crippen molar-refractivity contribution < 1.29 is 19.4 Å². The third-order valence-electron chi connectivity index (χ3n) is 2.19. The minimum absolute atomic E-state index is 0.199. The van der Waals surface area contributed by atoms with E-state index in [0.29, 0.717) is 5.56 Å². The maximum Gasteiger partial charge on any atom is 0.323 e. The van der Waals surface area contributed by atoms with E-state index in [0.717, 1.165) is 6.07 Å². The highest BCUT2D eigenvalue weighted by Gasteiger charge is 2.24. The van der Waals surface area contributed by atoms with Crippen molar-refractivity contribution >= 4 is 5.97 Å². The van der Waals surface area contributed by atoms with Gasteiger partial charge in [0, 0.05) is 0 Å². The Labute approximate surface area is 86.1 Å². The highest BCUT2D eigenvalue weighted by Crippen LogP contribution is 2.21. The lowest BCUT2D eigenvalue weighted by molar-refractivity contribution is -0.141. The second kappa shape index (κ2) is 4.37. The number of aliphatic hydroxyl groups excluding tert-OH is 1. The Bertz CT molecular complexity index is 381. The number of carboxylic acids is 1. The van der Waals surface area contributed by atoms with E-state index < -0.39 is 23.9 Å². The Balaban J connectivity index is 3.04. The summed E-state index contributed by atoms with van der Waals surface area (Å²) in [4.78, 5) is 10.5. The van der Waals surface area contributed by atoms with Crippen LogP contribution in [0.4, 0.5) is 4.39 Å². The minimum atomic E-state index is -1.45. The molecule has 0 aliphatic heterocycles. The van der Waals surface area contributed by atoms with Gasteiger partial charge in [0.25, 0.3) is 0 Å². The van der Waals surface area contributed by atoms with Crippen molar-refractivity contribution in [2.45, 2.75) is 19.1 Å². The van der Waals surface area contributed by atoms with Gasteiger partial charge in [-0.1, -0.05) is 6.07 Å². The molecule has 2 unspecified atom stereocenters. The summed E-state index contributed by atoms with van der Waals surface area (Å²) in [6.07, 6.45) is -1.40. The molecule has 0 saturated carbocycles. The van der Waals surface area contributed by atoms with Crippen LogP contribution in [-0.2, 0) is 4.79 Å². The van der Waals surface area contributed by atoms with Gasteiger partial charge in [0.2, 0.25) is 0 Å². The van der Waals surface area contributed by atoms with Crippen LogP contribution >= 0.6 is 0 Å². The van der Waals surface area contributed by atoms with Crippen molar-refractivity contribution in [2.24, 2.45) is 5.73 Å². The predicted octanol–water partition coefficient (Wildman–Crippen LogP) is 0.579. The molecule has 0 aliphatic rings. The lowest BCUT2D eigenvalue weighted by Gasteiger charge is -2.17. The summed E-state index contributed by atoms with van der Waals surface area (Å²) in [6.45, 7) is 1.65. The lowest BCUT2D eigenvalue weighted by atomic mass is 9.98. The zero-order valence-corrected chi connectivity index (χ0v) is 8.14. The zero-order chi connectivity index (χ0) is 11.6. The van der Waals surface area contributed by atoms with Gasteiger partial charge >= 0.3 is 5.97 Å². The molecule has 15 heavy (non-hydrogen) atoms. The normalized spacial score (nSPS) is 14.7. The molecule has 2 atom stereocenters.